The Bertz CT molecular complexity index is 599. The Hall–Kier alpha value is -1.97. The third-order valence-corrected chi connectivity index (χ3v) is 4.26. The number of rotatable bonds is 4. The molecule has 0 saturated heterocycles. The lowest BCUT2D eigenvalue weighted by atomic mass is 9.96. The normalized spacial score (nSPS) is 16.0. The van der Waals surface area contributed by atoms with E-state index in [0.717, 1.165) is 19.4 Å². The van der Waals surface area contributed by atoms with Gasteiger partial charge in [-0.2, -0.15) is 0 Å². The van der Waals surface area contributed by atoms with Crippen LogP contribution in [-0.4, -0.2) is 23.2 Å². The standard InChI is InChI=1S/C17H23N3O/c21-17(19-15-7-2-1-3-8-15)18-11-13-20-12-10-14-6-4-5-9-16(14)20/h4-6,9-10,12,15H,1-3,7-8,11,13H2,(H2,18,19,21). The van der Waals surface area contributed by atoms with Gasteiger partial charge in [0.05, 0.1) is 0 Å². The molecule has 0 radical (unpaired) electrons. The molecule has 1 aliphatic carbocycles. The zero-order chi connectivity index (χ0) is 14.5. The van der Waals surface area contributed by atoms with Crippen LogP contribution in [0.4, 0.5) is 4.79 Å². The van der Waals surface area contributed by atoms with E-state index >= 15 is 0 Å². The van der Waals surface area contributed by atoms with E-state index in [2.05, 4.69) is 39.6 Å². The fraction of sp³-hybridized carbons (Fsp3) is 0.471. The molecule has 0 aliphatic heterocycles. The van der Waals surface area contributed by atoms with Crippen LogP contribution in [0.1, 0.15) is 32.1 Å². The number of hydrogen-bond acceptors (Lipinski definition) is 1. The number of fused-ring (bicyclic) bond motifs is 1. The van der Waals surface area contributed by atoms with Crippen LogP contribution in [-0.2, 0) is 6.54 Å². The molecule has 3 rings (SSSR count). The van der Waals surface area contributed by atoms with Gasteiger partial charge in [-0.3, -0.25) is 0 Å². The number of urea groups is 1. The van der Waals surface area contributed by atoms with Crippen molar-refractivity contribution in [2.45, 2.75) is 44.7 Å². The minimum atomic E-state index is -0.0293. The first-order valence-corrected chi connectivity index (χ1v) is 7.91. The summed E-state index contributed by atoms with van der Waals surface area (Å²) in [5.74, 6) is 0. The van der Waals surface area contributed by atoms with Gasteiger partial charge in [0.15, 0.2) is 0 Å². The maximum atomic E-state index is 11.9. The van der Waals surface area contributed by atoms with Crippen molar-refractivity contribution in [3.8, 4) is 0 Å². The lowest BCUT2D eigenvalue weighted by molar-refractivity contribution is 0.232. The first-order chi connectivity index (χ1) is 10.3. The summed E-state index contributed by atoms with van der Waals surface area (Å²) in [6.07, 6.45) is 8.10. The van der Waals surface area contributed by atoms with E-state index in [1.54, 1.807) is 0 Å². The molecule has 1 aromatic carbocycles. The average molecular weight is 285 g/mol. The van der Waals surface area contributed by atoms with Gasteiger partial charge in [0.2, 0.25) is 0 Å². The summed E-state index contributed by atoms with van der Waals surface area (Å²) in [5, 5.41) is 7.28. The second-order valence-corrected chi connectivity index (χ2v) is 5.80. The highest BCUT2D eigenvalue weighted by atomic mass is 16.2. The Morgan fingerprint density at radius 1 is 1.14 bits per heavy atom. The Kier molecular flexibility index (Phi) is 4.43. The largest absolute Gasteiger partial charge is 0.346 e. The summed E-state index contributed by atoms with van der Waals surface area (Å²) in [7, 11) is 0. The summed E-state index contributed by atoms with van der Waals surface area (Å²) in [6.45, 7) is 1.45. The summed E-state index contributed by atoms with van der Waals surface area (Å²) in [4.78, 5) is 11.9. The zero-order valence-electron chi connectivity index (χ0n) is 12.3. The van der Waals surface area contributed by atoms with E-state index in [1.165, 1.54) is 30.2 Å². The number of carbonyl (C=O) groups excluding carboxylic acids is 1. The molecule has 21 heavy (non-hydrogen) atoms. The molecule has 2 aromatic rings. The van der Waals surface area contributed by atoms with Crippen LogP contribution in [0.25, 0.3) is 10.9 Å². The molecule has 0 unspecified atom stereocenters. The topological polar surface area (TPSA) is 46.1 Å². The predicted octanol–water partition coefficient (Wildman–Crippen LogP) is 3.27. The van der Waals surface area contributed by atoms with Crippen LogP contribution >= 0.6 is 0 Å². The number of nitrogens with zero attached hydrogens (tertiary/aromatic N) is 1. The molecular weight excluding hydrogens is 262 g/mol. The van der Waals surface area contributed by atoms with Crippen LogP contribution in [0.2, 0.25) is 0 Å². The van der Waals surface area contributed by atoms with Crippen molar-refractivity contribution >= 4 is 16.9 Å². The summed E-state index contributed by atoms with van der Waals surface area (Å²) < 4.78 is 2.18. The van der Waals surface area contributed by atoms with Gasteiger partial charge in [-0.05, 0) is 30.4 Å². The maximum absolute atomic E-state index is 11.9. The van der Waals surface area contributed by atoms with Crippen molar-refractivity contribution in [1.29, 1.82) is 0 Å². The zero-order valence-corrected chi connectivity index (χ0v) is 12.3. The fourth-order valence-corrected chi connectivity index (χ4v) is 3.11. The van der Waals surface area contributed by atoms with E-state index < -0.39 is 0 Å². The number of nitrogens with one attached hydrogen (secondary N) is 2. The van der Waals surface area contributed by atoms with Crippen LogP contribution < -0.4 is 10.6 Å². The van der Waals surface area contributed by atoms with E-state index in [1.807, 2.05) is 12.1 Å². The lowest BCUT2D eigenvalue weighted by Gasteiger charge is -2.22. The van der Waals surface area contributed by atoms with E-state index in [-0.39, 0.29) is 6.03 Å². The number of hydrogen-bond donors (Lipinski definition) is 2. The monoisotopic (exact) mass is 285 g/mol. The highest BCUT2D eigenvalue weighted by Crippen LogP contribution is 2.17. The third-order valence-electron chi connectivity index (χ3n) is 4.26. The molecule has 4 nitrogen and oxygen atoms in total. The fourth-order valence-electron chi connectivity index (χ4n) is 3.11. The second kappa shape index (κ2) is 6.66. The van der Waals surface area contributed by atoms with Crippen molar-refractivity contribution in [2.75, 3.05) is 6.54 Å². The summed E-state index contributed by atoms with van der Waals surface area (Å²) in [6, 6.07) is 10.7. The SMILES string of the molecule is O=C(NCCn1ccc2ccccc21)NC1CCCCC1. The van der Waals surface area contributed by atoms with Gasteiger partial charge >= 0.3 is 6.03 Å². The van der Waals surface area contributed by atoms with Gasteiger partial charge in [0.25, 0.3) is 0 Å². The predicted molar refractivity (Wildman–Crippen MR) is 85.3 cm³/mol. The number of amides is 2. The van der Waals surface area contributed by atoms with Crippen LogP contribution in [0.15, 0.2) is 36.5 Å². The molecule has 1 fully saturated rings. The average Bonchev–Trinajstić information content (AvgIpc) is 2.92. The molecule has 1 aliphatic rings. The third kappa shape index (κ3) is 3.57. The van der Waals surface area contributed by atoms with Crippen molar-refractivity contribution in [3.05, 3.63) is 36.5 Å². The molecule has 4 heteroatoms. The molecule has 0 spiro atoms. The number of para-hydroxylation sites is 1. The van der Waals surface area contributed by atoms with Gasteiger partial charge in [0, 0.05) is 30.8 Å². The Morgan fingerprint density at radius 3 is 2.81 bits per heavy atom. The smallest absolute Gasteiger partial charge is 0.315 e. The van der Waals surface area contributed by atoms with Gasteiger partial charge in [-0.25, -0.2) is 4.79 Å². The number of aromatic nitrogens is 1. The highest BCUT2D eigenvalue weighted by molar-refractivity contribution is 5.80. The van der Waals surface area contributed by atoms with Gasteiger partial charge in [0.1, 0.15) is 0 Å². The van der Waals surface area contributed by atoms with Crippen molar-refractivity contribution in [3.63, 3.8) is 0 Å². The van der Waals surface area contributed by atoms with Crippen molar-refractivity contribution in [1.82, 2.24) is 15.2 Å². The molecule has 1 saturated carbocycles. The first kappa shape index (κ1) is 14.0. The molecule has 2 N–H and O–H groups in total. The van der Waals surface area contributed by atoms with Crippen LogP contribution in [0, 0.1) is 0 Å². The molecule has 0 atom stereocenters. The minimum Gasteiger partial charge on any atom is -0.346 e. The van der Waals surface area contributed by atoms with E-state index in [9.17, 15) is 4.79 Å². The summed E-state index contributed by atoms with van der Waals surface area (Å²) in [5.41, 5.74) is 1.21. The summed E-state index contributed by atoms with van der Waals surface area (Å²) >= 11 is 0. The Labute approximate surface area is 125 Å². The molecule has 112 valence electrons. The van der Waals surface area contributed by atoms with Gasteiger partial charge in [-0.15, -0.1) is 0 Å². The maximum Gasteiger partial charge on any atom is 0.315 e. The number of carbonyl (C=O) groups is 1. The second-order valence-electron chi connectivity index (χ2n) is 5.80. The van der Waals surface area contributed by atoms with Crippen LogP contribution in [0.3, 0.4) is 0 Å². The molecule has 0 bridgehead atoms. The van der Waals surface area contributed by atoms with Crippen LogP contribution in [0.5, 0.6) is 0 Å². The molecule has 1 aromatic heterocycles. The molecule has 1 heterocycles. The van der Waals surface area contributed by atoms with Gasteiger partial charge < -0.3 is 15.2 Å². The van der Waals surface area contributed by atoms with E-state index in [0.29, 0.717) is 12.6 Å². The quantitative estimate of drug-likeness (QED) is 0.889. The van der Waals surface area contributed by atoms with E-state index in [4.69, 9.17) is 0 Å². The van der Waals surface area contributed by atoms with Gasteiger partial charge in [-0.1, -0.05) is 37.5 Å². The highest BCUT2D eigenvalue weighted by Gasteiger charge is 2.15. The van der Waals surface area contributed by atoms with Crippen molar-refractivity contribution in [2.24, 2.45) is 0 Å². The minimum absolute atomic E-state index is 0.0293. The van der Waals surface area contributed by atoms with Crippen molar-refractivity contribution < 1.29 is 4.79 Å². The molecular formula is C17H23N3O. The lowest BCUT2D eigenvalue weighted by Crippen LogP contribution is -2.43. The molecule has 2 amide bonds. The number of benzene rings is 1. The Morgan fingerprint density at radius 2 is 1.95 bits per heavy atom. The first-order valence-electron chi connectivity index (χ1n) is 7.91. The Balaban J connectivity index is 1.46.